The van der Waals surface area contributed by atoms with Crippen molar-refractivity contribution in [2.45, 2.75) is 24.7 Å². The highest BCUT2D eigenvalue weighted by atomic mass is 79.9. The number of sulfonamides is 1. The van der Waals surface area contributed by atoms with Crippen LogP contribution in [-0.2, 0) is 10.0 Å². The number of rotatable bonds is 4. The Bertz CT molecular complexity index is 494. The third-order valence-electron chi connectivity index (χ3n) is 2.92. The van der Waals surface area contributed by atoms with Crippen LogP contribution in [0.15, 0.2) is 33.6 Å². The van der Waals surface area contributed by atoms with Crippen molar-refractivity contribution < 1.29 is 8.42 Å². The van der Waals surface area contributed by atoms with Crippen molar-refractivity contribution in [3.05, 3.63) is 28.7 Å². The third-order valence-corrected chi connectivity index (χ3v) is 5.33. The van der Waals surface area contributed by atoms with Crippen molar-refractivity contribution in [1.29, 1.82) is 0 Å². The molecule has 1 fully saturated rings. The minimum absolute atomic E-state index is 0.175. The predicted molar refractivity (Wildman–Crippen MR) is 66.7 cm³/mol. The molecule has 0 amide bonds. The van der Waals surface area contributed by atoms with Crippen LogP contribution < -0.4 is 4.72 Å². The van der Waals surface area contributed by atoms with Gasteiger partial charge in [0.1, 0.15) is 0 Å². The van der Waals surface area contributed by atoms with Crippen LogP contribution in [0, 0.1) is 5.41 Å². The van der Waals surface area contributed by atoms with Gasteiger partial charge in [-0.1, -0.05) is 19.1 Å². The van der Waals surface area contributed by atoms with Crippen molar-refractivity contribution >= 4 is 26.0 Å². The van der Waals surface area contributed by atoms with E-state index in [0.29, 0.717) is 15.9 Å². The lowest BCUT2D eigenvalue weighted by atomic mass is 10.2. The highest BCUT2D eigenvalue weighted by Crippen LogP contribution is 2.44. The summed E-state index contributed by atoms with van der Waals surface area (Å²) >= 11 is 3.25. The molecule has 16 heavy (non-hydrogen) atoms. The molecule has 0 unspecified atom stereocenters. The summed E-state index contributed by atoms with van der Waals surface area (Å²) in [7, 11) is -3.38. The maximum absolute atomic E-state index is 12.0. The molecular formula is C11H14BrNO2S. The Hall–Kier alpha value is -0.390. The molecule has 0 bridgehead atoms. The van der Waals surface area contributed by atoms with E-state index < -0.39 is 10.0 Å². The highest BCUT2D eigenvalue weighted by Gasteiger charge is 2.38. The zero-order valence-corrected chi connectivity index (χ0v) is 11.4. The smallest absolute Gasteiger partial charge is 0.211 e. The van der Waals surface area contributed by atoms with Gasteiger partial charge in [-0.3, -0.25) is 0 Å². The first kappa shape index (κ1) is 12.1. The molecule has 1 aliphatic rings. The Balaban J connectivity index is 2.16. The number of hydrogen-bond donors (Lipinski definition) is 1. The van der Waals surface area contributed by atoms with Crippen LogP contribution in [0.2, 0.25) is 0 Å². The van der Waals surface area contributed by atoms with Crippen LogP contribution in [-0.4, -0.2) is 15.0 Å². The molecular weight excluding hydrogens is 290 g/mol. The average Bonchev–Trinajstić information content (AvgIpc) is 2.95. The molecule has 1 aromatic carbocycles. The van der Waals surface area contributed by atoms with E-state index in [1.807, 2.05) is 0 Å². The third kappa shape index (κ3) is 2.64. The largest absolute Gasteiger partial charge is 0.241 e. The molecule has 0 spiro atoms. The molecule has 88 valence electrons. The molecule has 2 rings (SSSR count). The minimum Gasteiger partial charge on any atom is -0.211 e. The molecule has 0 aromatic heterocycles. The molecule has 0 heterocycles. The van der Waals surface area contributed by atoms with E-state index in [0.717, 1.165) is 12.8 Å². The van der Waals surface area contributed by atoms with Crippen molar-refractivity contribution in [1.82, 2.24) is 4.72 Å². The van der Waals surface area contributed by atoms with Crippen molar-refractivity contribution in [3.63, 3.8) is 0 Å². The van der Waals surface area contributed by atoms with Crippen LogP contribution >= 0.6 is 15.9 Å². The van der Waals surface area contributed by atoms with Gasteiger partial charge in [0.25, 0.3) is 0 Å². The fraction of sp³-hybridized carbons (Fsp3) is 0.455. The summed E-state index contributed by atoms with van der Waals surface area (Å²) in [6, 6.07) is 6.85. The topological polar surface area (TPSA) is 46.2 Å². The number of hydrogen-bond acceptors (Lipinski definition) is 2. The van der Waals surface area contributed by atoms with E-state index in [-0.39, 0.29) is 5.41 Å². The molecule has 0 saturated heterocycles. The first-order valence-corrected chi connectivity index (χ1v) is 7.45. The molecule has 1 N–H and O–H groups in total. The number of benzene rings is 1. The zero-order valence-electron chi connectivity index (χ0n) is 9.03. The van der Waals surface area contributed by atoms with Gasteiger partial charge >= 0.3 is 0 Å². The lowest BCUT2D eigenvalue weighted by Gasteiger charge is -2.11. The van der Waals surface area contributed by atoms with Gasteiger partial charge in [-0.05, 0) is 46.3 Å². The summed E-state index contributed by atoms with van der Waals surface area (Å²) in [6.45, 7) is 2.62. The highest BCUT2D eigenvalue weighted by molar-refractivity contribution is 9.10. The summed E-state index contributed by atoms with van der Waals surface area (Å²) in [5, 5.41) is 0. The molecule has 5 heteroatoms. The van der Waals surface area contributed by atoms with E-state index in [2.05, 4.69) is 27.6 Å². The minimum atomic E-state index is -3.38. The van der Waals surface area contributed by atoms with Gasteiger partial charge in [-0.15, -0.1) is 0 Å². The fourth-order valence-electron chi connectivity index (χ4n) is 1.40. The first-order valence-electron chi connectivity index (χ1n) is 5.17. The lowest BCUT2D eigenvalue weighted by Crippen LogP contribution is -2.29. The maximum atomic E-state index is 12.0. The maximum Gasteiger partial charge on any atom is 0.241 e. The summed E-state index contributed by atoms with van der Waals surface area (Å²) in [6.07, 6.45) is 2.21. The van der Waals surface area contributed by atoms with E-state index in [9.17, 15) is 8.42 Å². The second-order valence-corrected chi connectivity index (χ2v) is 7.16. The van der Waals surface area contributed by atoms with Crippen molar-refractivity contribution in [3.8, 4) is 0 Å². The van der Waals surface area contributed by atoms with Gasteiger partial charge in [-0.2, -0.15) is 0 Å². The Morgan fingerprint density at radius 1 is 1.38 bits per heavy atom. The molecule has 0 radical (unpaired) electrons. The number of nitrogens with one attached hydrogen (secondary N) is 1. The van der Waals surface area contributed by atoms with E-state index >= 15 is 0 Å². The molecule has 1 aromatic rings. The fourth-order valence-corrected chi connectivity index (χ4v) is 3.60. The molecule has 0 aliphatic heterocycles. The molecule has 1 aliphatic carbocycles. The van der Waals surface area contributed by atoms with Gasteiger partial charge < -0.3 is 0 Å². The van der Waals surface area contributed by atoms with E-state index in [4.69, 9.17) is 0 Å². The SMILES string of the molecule is CC1(CNS(=O)(=O)c2ccccc2Br)CC1. The Labute approximate surface area is 104 Å². The normalized spacial score (nSPS) is 18.4. The Morgan fingerprint density at radius 3 is 2.56 bits per heavy atom. The van der Waals surface area contributed by atoms with E-state index in [1.165, 1.54) is 0 Å². The quantitative estimate of drug-likeness (QED) is 0.929. The van der Waals surface area contributed by atoms with Crippen molar-refractivity contribution in [2.24, 2.45) is 5.41 Å². The van der Waals surface area contributed by atoms with Crippen LogP contribution in [0.25, 0.3) is 0 Å². The monoisotopic (exact) mass is 303 g/mol. The average molecular weight is 304 g/mol. The van der Waals surface area contributed by atoms with Gasteiger partial charge in [0.15, 0.2) is 0 Å². The predicted octanol–water partition coefficient (Wildman–Crippen LogP) is 2.53. The van der Waals surface area contributed by atoms with Gasteiger partial charge in [0.2, 0.25) is 10.0 Å². The van der Waals surface area contributed by atoms with Gasteiger partial charge in [0.05, 0.1) is 4.90 Å². The van der Waals surface area contributed by atoms with Crippen LogP contribution in [0.5, 0.6) is 0 Å². The second kappa shape index (κ2) is 4.13. The van der Waals surface area contributed by atoms with Gasteiger partial charge in [-0.25, -0.2) is 13.1 Å². The zero-order chi connectivity index (χ0) is 11.8. The van der Waals surface area contributed by atoms with Crippen LogP contribution in [0.3, 0.4) is 0 Å². The first-order chi connectivity index (χ1) is 7.43. The lowest BCUT2D eigenvalue weighted by molar-refractivity contribution is 0.530. The van der Waals surface area contributed by atoms with Crippen molar-refractivity contribution in [2.75, 3.05) is 6.54 Å². The number of halogens is 1. The molecule has 1 saturated carbocycles. The molecule has 3 nitrogen and oxygen atoms in total. The summed E-state index contributed by atoms with van der Waals surface area (Å²) < 4.78 is 27.2. The standard InChI is InChI=1S/C11H14BrNO2S/c1-11(6-7-11)8-13-16(14,15)10-5-3-2-4-9(10)12/h2-5,13H,6-8H2,1H3. The van der Waals surface area contributed by atoms with Crippen LogP contribution in [0.1, 0.15) is 19.8 Å². The summed E-state index contributed by atoms with van der Waals surface area (Å²) in [5.41, 5.74) is 0.175. The second-order valence-electron chi connectivity index (χ2n) is 4.57. The Morgan fingerprint density at radius 2 is 2.00 bits per heavy atom. The van der Waals surface area contributed by atoms with Gasteiger partial charge in [0, 0.05) is 11.0 Å². The summed E-state index contributed by atoms with van der Waals surface area (Å²) in [5.74, 6) is 0. The summed E-state index contributed by atoms with van der Waals surface area (Å²) in [4.78, 5) is 0.305. The van der Waals surface area contributed by atoms with E-state index in [1.54, 1.807) is 24.3 Å². The molecule has 0 atom stereocenters. The van der Waals surface area contributed by atoms with Crippen LogP contribution in [0.4, 0.5) is 0 Å². The Kier molecular flexibility index (Phi) is 3.11.